The molecule has 0 bridgehead atoms. The van der Waals surface area contributed by atoms with Crippen molar-refractivity contribution in [3.63, 3.8) is 0 Å². The zero-order valence-corrected chi connectivity index (χ0v) is 12.0. The summed E-state index contributed by atoms with van der Waals surface area (Å²) in [4.78, 5) is 22.0. The first-order chi connectivity index (χ1) is 8.76. The summed E-state index contributed by atoms with van der Waals surface area (Å²) in [5.41, 5.74) is 4.60. The van der Waals surface area contributed by atoms with Crippen molar-refractivity contribution in [2.24, 2.45) is 5.73 Å². The normalized spacial score (nSPS) is 22.5. The van der Waals surface area contributed by atoms with Crippen molar-refractivity contribution in [3.8, 4) is 0 Å². The lowest BCUT2D eigenvalue weighted by Gasteiger charge is -2.36. The molecule has 4 N–H and O–H groups in total. The van der Waals surface area contributed by atoms with Crippen molar-refractivity contribution in [2.45, 2.75) is 64.1 Å². The van der Waals surface area contributed by atoms with Gasteiger partial charge in [0.05, 0.1) is 0 Å². The molecule has 6 heteroatoms. The number of hydrogen-bond acceptors (Lipinski definition) is 4. The molecule has 0 aromatic carbocycles. The number of nitrogens with two attached hydrogens (primary N) is 1. The summed E-state index contributed by atoms with van der Waals surface area (Å²) in [6, 6.07) is 0.594. The first kappa shape index (κ1) is 15.8. The van der Waals surface area contributed by atoms with Crippen molar-refractivity contribution < 1.29 is 14.3 Å². The molecule has 0 radical (unpaired) electrons. The smallest absolute Gasteiger partial charge is 0.407 e. The summed E-state index contributed by atoms with van der Waals surface area (Å²) in [6.07, 6.45) is 2.62. The highest BCUT2D eigenvalue weighted by atomic mass is 16.6. The van der Waals surface area contributed by atoms with Gasteiger partial charge in [0.2, 0.25) is 5.91 Å². The Bertz CT molecular complexity index is 320. The van der Waals surface area contributed by atoms with Gasteiger partial charge in [0.25, 0.3) is 0 Å². The third-order valence-corrected chi connectivity index (χ3v) is 2.89. The number of hydrogen-bond donors (Lipinski definition) is 3. The van der Waals surface area contributed by atoms with Crippen LogP contribution in [0.1, 0.15) is 46.5 Å². The number of carbonyl (C=O) groups excluding carboxylic acids is 2. The first-order valence-electron chi connectivity index (χ1n) is 6.77. The van der Waals surface area contributed by atoms with Crippen LogP contribution in [-0.2, 0) is 9.53 Å². The second-order valence-corrected chi connectivity index (χ2v) is 6.04. The Hall–Kier alpha value is -1.30. The van der Waals surface area contributed by atoms with Crippen LogP contribution in [0.15, 0.2) is 0 Å². The lowest BCUT2D eigenvalue weighted by Crippen LogP contribution is -2.53. The standard InChI is InChI=1S/C13H25N3O3/c1-13(2,3)19-12(18)16-10-7-9(8-10)15-6-4-5-11(14)17/h9-10,15H,4-8H2,1-3H3,(H2,14,17)(H,16,18). The summed E-state index contributed by atoms with van der Waals surface area (Å²) in [5.74, 6) is -0.264. The van der Waals surface area contributed by atoms with Crippen LogP contribution in [0, 0.1) is 0 Å². The average Bonchev–Trinajstić information content (AvgIpc) is 2.16. The van der Waals surface area contributed by atoms with Gasteiger partial charge in [0.15, 0.2) is 0 Å². The minimum atomic E-state index is -0.458. The molecular weight excluding hydrogens is 246 g/mol. The maximum atomic E-state index is 11.5. The van der Waals surface area contributed by atoms with Gasteiger partial charge >= 0.3 is 6.09 Å². The van der Waals surface area contributed by atoms with E-state index in [1.54, 1.807) is 0 Å². The summed E-state index contributed by atoms with van der Waals surface area (Å²) in [6.45, 7) is 6.32. The molecule has 1 aliphatic carbocycles. The van der Waals surface area contributed by atoms with Crippen LogP contribution in [-0.4, -0.2) is 36.2 Å². The van der Waals surface area contributed by atoms with E-state index in [-0.39, 0.29) is 18.0 Å². The van der Waals surface area contributed by atoms with Gasteiger partial charge in [-0.25, -0.2) is 4.79 Å². The number of primary amides is 1. The number of nitrogens with one attached hydrogen (secondary N) is 2. The molecule has 1 rings (SSSR count). The monoisotopic (exact) mass is 271 g/mol. The van der Waals surface area contributed by atoms with Gasteiger partial charge in [0.1, 0.15) is 5.60 Å². The average molecular weight is 271 g/mol. The molecule has 0 aromatic heterocycles. The highest BCUT2D eigenvalue weighted by Crippen LogP contribution is 2.20. The minimum absolute atomic E-state index is 0.184. The third-order valence-electron chi connectivity index (χ3n) is 2.89. The van der Waals surface area contributed by atoms with Crippen molar-refractivity contribution in [1.82, 2.24) is 10.6 Å². The van der Waals surface area contributed by atoms with E-state index < -0.39 is 5.60 Å². The lowest BCUT2D eigenvalue weighted by molar-refractivity contribution is -0.118. The molecule has 0 aliphatic heterocycles. The Morgan fingerprint density at radius 3 is 2.42 bits per heavy atom. The number of amides is 2. The number of carbonyl (C=O) groups is 2. The SMILES string of the molecule is CC(C)(C)OC(=O)NC1CC(NCCCC(N)=O)C1. The van der Waals surface area contributed by atoms with Gasteiger partial charge in [-0.15, -0.1) is 0 Å². The molecule has 0 saturated heterocycles. The first-order valence-corrected chi connectivity index (χ1v) is 6.77. The number of rotatable bonds is 6. The predicted molar refractivity (Wildman–Crippen MR) is 72.6 cm³/mol. The number of ether oxygens (including phenoxy) is 1. The third kappa shape index (κ3) is 7.00. The van der Waals surface area contributed by atoms with Crippen molar-refractivity contribution in [3.05, 3.63) is 0 Å². The minimum Gasteiger partial charge on any atom is -0.444 e. The summed E-state index contributed by atoms with van der Waals surface area (Å²) in [5, 5.41) is 6.16. The van der Waals surface area contributed by atoms with Crippen molar-refractivity contribution in [1.29, 1.82) is 0 Å². The van der Waals surface area contributed by atoms with E-state index >= 15 is 0 Å². The summed E-state index contributed by atoms with van der Waals surface area (Å²) in [7, 11) is 0. The van der Waals surface area contributed by atoms with E-state index in [0.29, 0.717) is 12.5 Å². The lowest BCUT2D eigenvalue weighted by atomic mass is 9.87. The fourth-order valence-corrected chi connectivity index (χ4v) is 1.95. The zero-order valence-electron chi connectivity index (χ0n) is 12.0. The second-order valence-electron chi connectivity index (χ2n) is 6.04. The molecule has 110 valence electrons. The maximum absolute atomic E-state index is 11.5. The van der Waals surface area contributed by atoms with Crippen LogP contribution in [0.5, 0.6) is 0 Å². The molecule has 0 unspecified atom stereocenters. The van der Waals surface area contributed by atoms with E-state index in [1.165, 1.54) is 0 Å². The van der Waals surface area contributed by atoms with Crippen LogP contribution < -0.4 is 16.4 Å². The maximum Gasteiger partial charge on any atom is 0.407 e. The van der Waals surface area contributed by atoms with Crippen LogP contribution >= 0.6 is 0 Å². The second kappa shape index (κ2) is 6.75. The Morgan fingerprint density at radius 1 is 1.26 bits per heavy atom. The molecule has 19 heavy (non-hydrogen) atoms. The highest BCUT2D eigenvalue weighted by molar-refractivity contribution is 5.73. The van der Waals surface area contributed by atoms with E-state index in [9.17, 15) is 9.59 Å². The summed E-state index contributed by atoms with van der Waals surface area (Å²) < 4.78 is 5.18. The molecular formula is C13H25N3O3. The Morgan fingerprint density at radius 2 is 1.89 bits per heavy atom. The van der Waals surface area contributed by atoms with Crippen molar-refractivity contribution in [2.75, 3.05) is 6.54 Å². The largest absolute Gasteiger partial charge is 0.444 e. The van der Waals surface area contributed by atoms with E-state index in [1.807, 2.05) is 20.8 Å². The molecule has 1 fully saturated rings. The van der Waals surface area contributed by atoms with Crippen molar-refractivity contribution >= 4 is 12.0 Å². The van der Waals surface area contributed by atoms with Crippen LogP contribution in [0.4, 0.5) is 4.79 Å². The van der Waals surface area contributed by atoms with Gasteiger partial charge in [-0.1, -0.05) is 0 Å². The van der Waals surface area contributed by atoms with Crippen LogP contribution in [0.25, 0.3) is 0 Å². The molecule has 2 amide bonds. The van der Waals surface area contributed by atoms with E-state index in [4.69, 9.17) is 10.5 Å². The van der Waals surface area contributed by atoms with Gasteiger partial charge in [-0.3, -0.25) is 4.79 Å². The fourth-order valence-electron chi connectivity index (χ4n) is 1.95. The highest BCUT2D eigenvalue weighted by Gasteiger charge is 2.30. The topological polar surface area (TPSA) is 93.4 Å². The molecule has 0 atom stereocenters. The molecule has 0 heterocycles. The Kier molecular flexibility index (Phi) is 5.60. The van der Waals surface area contributed by atoms with Gasteiger partial charge in [0, 0.05) is 18.5 Å². The predicted octanol–water partition coefficient (Wildman–Crippen LogP) is 0.897. The van der Waals surface area contributed by atoms with Crippen LogP contribution in [0.2, 0.25) is 0 Å². The molecule has 0 aromatic rings. The fraction of sp³-hybridized carbons (Fsp3) is 0.846. The van der Waals surface area contributed by atoms with E-state index in [2.05, 4.69) is 10.6 Å². The van der Waals surface area contributed by atoms with Crippen LogP contribution in [0.3, 0.4) is 0 Å². The Labute approximate surface area is 114 Å². The molecule has 0 spiro atoms. The molecule has 6 nitrogen and oxygen atoms in total. The number of alkyl carbamates (subject to hydrolysis) is 1. The van der Waals surface area contributed by atoms with Gasteiger partial charge in [-0.05, 0) is 46.6 Å². The zero-order chi connectivity index (χ0) is 14.5. The van der Waals surface area contributed by atoms with Gasteiger partial charge in [-0.2, -0.15) is 0 Å². The Balaban J connectivity index is 2.04. The quantitative estimate of drug-likeness (QED) is 0.626. The molecule has 1 aliphatic rings. The van der Waals surface area contributed by atoms with E-state index in [0.717, 1.165) is 25.8 Å². The molecule has 1 saturated carbocycles. The van der Waals surface area contributed by atoms with Gasteiger partial charge < -0.3 is 21.1 Å². The summed E-state index contributed by atoms with van der Waals surface area (Å²) >= 11 is 0.